The lowest BCUT2D eigenvalue weighted by Gasteiger charge is -2.06. The van der Waals surface area contributed by atoms with E-state index < -0.39 is 0 Å². The van der Waals surface area contributed by atoms with Gasteiger partial charge in [-0.15, -0.1) is 0 Å². The van der Waals surface area contributed by atoms with Crippen LogP contribution in [-0.4, -0.2) is 20.7 Å². The molecule has 3 heteroatoms. The molecule has 0 atom stereocenters. The maximum Gasteiger partial charge on any atom is 0.119 e. The van der Waals surface area contributed by atoms with Crippen LogP contribution >= 0.6 is 22.6 Å². The van der Waals surface area contributed by atoms with Crippen LogP contribution in [-0.2, 0) is 6.42 Å². The highest BCUT2D eigenvalue weighted by Crippen LogP contribution is 2.19. The van der Waals surface area contributed by atoms with Crippen molar-refractivity contribution in [2.45, 2.75) is 6.42 Å². The molecule has 0 unspecified atom stereocenters. The first-order valence-corrected chi connectivity index (χ1v) is 5.33. The quantitative estimate of drug-likeness (QED) is 0.857. The molecule has 0 amide bonds. The number of likely N-dealkylation sites (N-methyl/N-ethyl adjacent to an activating group) is 1. The van der Waals surface area contributed by atoms with Crippen LogP contribution < -0.4 is 10.1 Å². The standard InChI is InChI=1S/C10H14INO/c1-12-6-5-8-7-9(13-2)3-4-10(8)11/h3-4,7,12H,5-6H2,1-2H3. The van der Waals surface area contributed by atoms with Gasteiger partial charge < -0.3 is 10.1 Å². The molecule has 0 saturated carbocycles. The molecule has 13 heavy (non-hydrogen) atoms. The van der Waals surface area contributed by atoms with Crippen molar-refractivity contribution in [3.05, 3.63) is 27.3 Å². The van der Waals surface area contributed by atoms with E-state index in [1.165, 1.54) is 9.13 Å². The Morgan fingerprint density at radius 3 is 2.85 bits per heavy atom. The number of methoxy groups -OCH3 is 1. The van der Waals surface area contributed by atoms with Crippen molar-refractivity contribution in [1.29, 1.82) is 0 Å². The van der Waals surface area contributed by atoms with E-state index in [4.69, 9.17) is 4.74 Å². The molecule has 0 heterocycles. The Balaban J connectivity index is 2.78. The van der Waals surface area contributed by atoms with Gasteiger partial charge in [0.05, 0.1) is 7.11 Å². The van der Waals surface area contributed by atoms with Crippen LogP contribution in [0.15, 0.2) is 18.2 Å². The maximum atomic E-state index is 5.17. The Morgan fingerprint density at radius 2 is 2.23 bits per heavy atom. The summed E-state index contributed by atoms with van der Waals surface area (Å²) in [7, 11) is 3.66. The monoisotopic (exact) mass is 291 g/mol. The fourth-order valence-corrected chi connectivity index (χ4v) is 1.73. The minimum Gasteiger partial charge on any atom is -0.497 e. The van der Waals surface area contributed by atoms with E-state index in [2.05, 4.69) is 40.0 Å². The van der Waals surface area contributed by atoms with Crippen LogP contribution in [0.1, 0.15) is 5.56 Å². The van der Waals surface area contributed by atoms with Gasteiger partial charge in [0.15, 0.2) is 0 Å². The number of hydrogen-bond acceptors (Lipinski definition) is 2. The number of rotatable bonds is 4. The molecule has 1 aromatic rings. The molecule has 0 aliphatic heterocycles. The van der Waals surface area contributed by atoms with Crippen LogP contribution in [0, 0.1) is 3.57 Å². The molecule has 0 saturated heterocycles. The minimum absolute atomic E-state index is 0.937. The van der Waals surface area contributed by atoms with Crippen molar-refractivity contribution in [3.8, 4) is 5.75 Å². The molecule has 72 valence electrons. The first-order valence-electron chi connectivity index (χ1n) is 4.25. The Bertz CT molecular complexity index is 276. The summed E-state index contributed by atoms with van der Waals surface area (Å²) >= 11 is 2.35. The number of ether oxygens (including phenoxy) is 1. The van der Waals surface area contributed by atoms with Gasteiger partial charge in [-0.1, -0.05) is 0 Å². The van der Waals surface area contributed by atoms with Gasteiger partial charge in [-0.25, -0.2) is 0 Å². The second-order valence-corrected chi connectivity index (χ2v) is 3.97. The molecule has 0 aliphatic carbocycles. The molecule has 0 spiro atoms. The normalized spacial score (nSPS) is 10.1. The van der Waals surface area contributed by atoms with Crippen molar-refractivity contribution in [1.82, 2.24) is 5.32 Å². The van der Waals surface area contributed by atoms with Crippen molar-refractivity contribution < 1.29 is 4.74 Å². The largest absolute Gasteiger partial charge is 0.497 e. The van der Waals surface area contributed by atoms with Gasteiger partial charge in [0.25, 0.3) is 0 Å². The SMILES string of the molecule is CNCCc1cc(OC)ccc1I. The van der Waals surface area contributed by atoms with Gasteiger partial charge >= 0.3 is 0 Å². The van der Waals surface area contributed by atoms with Crippen LogP contribution in [0.5, 0.6) is 5.75 Å². The molecule has 1 aromatic carbocycles. The fourth-order valence-electron chi connectivity index (χ4n) is 1.13. The first-order chi connectivity index (χ1) is 6.27. The van der Waals surface area contributed by atoms with Gasteiger partial charge in [0.1, 0.15) is 5.75 Å². The summed E-state index contributed by atoms with van der Waals surface area (Å²) in [4.78, 5) is 0. The third-order valence-corrected chi connectivity index (χ3v) is 2.95. The summed E-state index contributed by atoms with van der Waals surface area (Å²) < 4.78 is 6.47. The van der Waals surface area contributed by atoms with E-state index in [0.717, 1.165) is 18.7 Å². The highest BCUT2D eigenvalue weighted by Gasteiger charge is 2.00. The van der Waals surface area contributed by atoms with Gasteiger partial charge in [-0.3, -0.25) is 0 Å². The van der Waals surface area contributed by atoms with Crippen LogP contribution in [0.25, 0.3) is 0 Å². The lowest BCUT2D eigenvalue weighted by molar-refractivity contribution is 0.414. The molecule has 0 aromatic heterocycles. The molecular formula is C10H14INO. The van der Waals surface area contributed by atoms with Crippen LogP contribution in [0.2, 0.25) is 0 Å². The van der Waals surface area contributed by atoms with Crippen molar-refractivity contribution >= 4 is 22.6 Å². The summed E-state index contributed by atoms with van der Waals surface area (Å²) in [5, 5.41) is 3.14. The maximum absolute atomic E-state index is 5.17. The van der Waals surface area contributed by atoms with Gasteiger partial charge in [0.2, 0.25) is 0 Å². The molecule has 0 fully saturated rings. The molecular weight excluding hydrogens is 277 g/mol. The topological polar surface area (TPSA) is 21.3 Å². The Kier molecular flexibility index (Phi) is 4.52. The van der Waals surface area contributed by atoms with E-state index in [1.807, 2.05) is 13.1 Å². The smallest absolute Gasteiger partial charge is 0.119 e. The average Bonchev–Trinajstić information content (AvgIpc) is 2.17. The lowest BCUT2D eigenvalue weighted by Crippen LogP contribution is -2.11. The zero-order valence-electron chi connectivity index (χ0n) is 7.93. The molecule has 0 bridgehead atoms. The summed E-state index contributed by atoms with van der Waals surface area (Å²) in [6, 6.07) is 6.17. The first kappa shape index (κ1) is 10.8. The lowest BCUT2D eigenvalue weighted by atomic mass is 10.1. The van der Waals surface area contributed by atoms with E-state index >= 15 is 0 Å². The van der Waals surface area contributed by atoms with Gasteiger partial charge in [-0.2, -0.15) is 0 Å². The Labute approximate surface area is 92.8 Å². The highest BCUT2D eigenvalue weighted by molar-refractivity contribution is 14.1. The molecule has 0 aliphatic rings. The number of halogens is 1. The Morgan fingerprint density at radius 1 is 1.46 bits per heavy atom. The molecule has 2 nitrogen and oxygen atoms in total. The van der Waals surface area contributed by atoms with Crippen molar-refractivity contribution in [2.24, 2.45) is 0 Å². The van der Waals surface area contributed by atoms with Gasteiger partial charge in [-0.05, 0) is 66.4 Å². The summed E-state index contributed by atoms with van der Waals surface area (Å²) in [5.41, 5.74) is 1.34. The third kappa shape index (κ3) is 3.15. The second kappa shape index (κ2) is 5.44. The van der Waals surface area contributed by atoms with Crippen LogP contribution in [0.4, 0.5) is 0 Å². The van der Waals surface area contributed by atoms with E-state index in [0.29, 0.717) is 0 Å². The predicted octanol–water partition coefficient (Wildman–Crippen LogP) is 2.06. The van der Waals surface area contributed by atoms with E-state index in [-0.39, 0.29) is 0 Å². The van der Waals surface area contributed by atoms with E-state index in [1.54, 1.807) is 7.11 Å². The third-order valence-electron chi connectivity index (χ3n) is 1.90. The second-order valence-electron chi connectivity index (χ2n) is 2.81. The summed E-state index contributed by atoms with van der Waals surface area (Å²) in [5.74, 6) is 0.937. The zero-order chi connectivity index (χ0) is 9.68. The van der Waals surface area contributed by atoms with Gasteiger partial charge in [0, 0.05) is 3.57 Å². The highest BCUT2D eigenvalue weighted by atomic mass is 127. The van der Waals surface area contributed by atoms with Crippen molar-refractivity contribution in [3.63, 3.8) is 0 Å². The molecule has 0 radical (unpaired) electrons. The van der Waals surface area contributed by atoms with Crippen LogP contribution in [0.3, 0.4) is 0 Å². The van der Waals surface area contributed by atoms with E-state index in [9.17, 15) is 0 Å². The minimum atomic E-state index is 0.937. The zero-order valence-corrected chi connectivity index (χ0v) is 10.1. The summed E-state index contributed by atoms with van der Waals surface area (Å²) in [6.45, 7) is 1.00. The number of hydrogen-bond donors (Lipinski definition) is 1. The average molecular weight is 291 g/mol. The predicted molar refractivity (Wildman–Crippen MR) is 63.3 cm³/mol. The molecule has 1 rings (SSSR count). The fraction of sp³-hybridized carbons (Fsp3) is 0.400. The van der Waals surface area contributed by atoms with Crippen molar-refractivity contribution in [2.75, 3.05) is 20.7 Å². The Hall–Kier alpha value is -0.290. The summed E-state index contributed by atoms with van der Waals surface area (Å²) in [6.07, 6.45) is 1.05. The molecule has 1 N–H and O–H groups in total. The number of benzene rings is 1. The number of nitrogens with one attached hydrogen (secondary N) is 1.